The predicted molar refractivity (Wildman–Crippen MR) is 176 cm³/mol. The van der Waals surface area contributed by atoms with E-state index >= 15 is 0 Å². The monoisotopic (exact) mass is 609 g/mol. The molecule has 0 saturated carbocycles. The Morgan fingerprint density at radius 1 is 0.841 bits per heavy atom. The molecule has 226 valence electrons. The second kappa shape index (κ2) is 16.0. The van der Waals surface area contributed by atoms with Crippen molar-refractivity contribution >= 4 is 46.9 Å². The van der Waals surface area contributed by atoms with Crippen LogP contribution in [0.5, 0.6) is 11.5 Å². The molecule has 3 amide bonds. The Kier molecular flexibility index (Phi) is 11.6. The fraction of sp³-hybridized carbons (Fsp3) is 0.171. The lowest BCUT2D eigenvalue weighted by Gasteiger charge is -2.17. The number of benzene rings is 4. The molecule has 4 aromatic rings. The van der Waals surface area contributed by atoms with Gasteiger partial charge < -0.3 is 25.4 Å². The molecule has 0 heterocycles. The Morgan fingerprint density at radius 3 is 2.27 bits per heavy atom. The summed E-state index contributed by atoms with van der Waals surface area (Å²) in [5.74, 6) is 0.236. The van der Waals surface area contributed by atoms with Gasteiger partial charge in [0.15, 0.2) is 0 Å². The molecule has 9 heteroatoms. The van der Waals surface area contributed by atoms with Crippen LogP contribution in [-0.4, -0.2) is 36.7 Å². The third-order valence-electron chi connectivity index (χ3n) is 6.43. The van der Waals surface area contributed by atoms with Crippen molar-refractivity contribution in [2.24, 2.45) is 0 Å². The van der Waals surface area contributed by atoms with Crippen LogP contribution in [0.15, 0.2) is 114 Å². The van der Waals surface area contributed by atoms with Gasteiger partial charge in [0.05, 0.1) is 24.7 Å². The average molecular weight is 610 g/mol. The number of anilines is 2. The highest BCUT2D eigenvalue weighted by atomic mass is 32.2. The second-order valence-electron chi connectivity index (χ2n) is 9.57. The number of carbonyl (C=O) groups excluding carboxylic acids is 3. The molecule has 1 unspecified atom stereocenters. The van der Waals surface area contributed by atoms with E-state index in [9.17, 15) is 14.4 Å². The van der Waals surface area contributed by atoms with E-state index in [-0.39, 0.29) is 16.9 Å². The van der Waals surface area contributed by atoms with E-state index in [1.165, 1.54) is 11.8 Å². The van der Waals surface area contributed by atoms with Gasteiger partial charge in [-0.15, -0.1) is 11.8 Å². The van der Waals surface area contributed by atoms with Crippen LogP contribution >= 0.6 is 11.8 Å². The van der Waals surface area contributed by atoms with Crippen molar-refractivity contribution in [3.05, 3.63) is 120 Å². The van der Waals surface area contributed by atoms with Crippen molar-refractivity contribution in [2.45, 2.75) is 30.4 Å². The lowest BCUT2D eigenvalue weighted by Crippen LogP contribution is -2.30. The van der Waals surface area contributed by atoms with Gasteiger partial charge in [-0.1, -0.05) is 55.5 Å². The number of nitrogens with one attached hydrogen (secondary N) is 3. The number of hydrogen-bond donors (Lipinski definition) is 3. The van der Waals surface area contributed by atoms with Gasteiger partial charge >= 0.3 is 0 Å². The van der Waals surface area contributed by atoms with Crippen molar-refractivity contribution in [1.29, 1.82) is 0 Å². The van der Waals surface area contributed by atoms with E-state index in [2.05, 4.69) is 16.0 Å². The number of ether oxygens (including phenoxy) is 2. The maximum atomic E-state index is 13.5. The quantitative estimate of drug-likeness (QED) is 0.111. The molecule has 0 aliphatic rings. The molecule has 0 saturated heterocycles. The summed E-state index contributed by atoms with van der Waals surface area (Å²) in [5.41, 5.74) is 2.33. The minimum absolute atomic E-state index is 0.0729. The minimum atomic E-state index is -0.494. The summed E-state index contributed by atoms with van der Waals surface area (Å²) < 4.78 is 10.9. The van der Waals surface area contributed by atoms with E-state index in [1.807, 2.05) is 50.2 Å². The van der Waals surface area contributed by atoms with Crippen LogP contribution in [0.1, 0.15) is 36.2 Å². The zero-order valence-electron chi connectivity index (χ0n) is 24.8. The Balaban J connectivity index is 1.51. The summed E-state index contributed by atoms with van der Waals surface area (Å²) in [4.78, 5) is 40.4. The summed E-state index contributed by atoms with van der Waals surface area (Å²) in [6, 6.07) is 30.4. The fourth-order valence-corrected chi connectivity index (χ4v) is 5.24. The van der Waals surface area contributed by atoms with E-state index in [0.717, 1.165) is 4.90 Å². The largest absolute Gasteiger partial charge is 0.495 e. The standard InChI is InChI=1S/C35H35N3O5S/c1-4-32(35(41)37-29-16-9-10-17-31(29)42-3)44-28-15-11-14-26(23-28)36-34(40)30(38-33(39)25-12-7-6-8-13-25)22-24-18-20-27(21-19-24)43-5-2/h6-23,32H,4-5H2,1-3H3,(H,36,40)(H,37,41)(H,38,39)/b30-22+. The third kappa shape index (κ3) is 8.99. The Labute approximate surface area is 261 Å². The van der Waals surface area contributed by atoms with Gasteiger partial charge in [0.2, 0.25) is 5.91 Å². The van der Waals surface area contributed by atoms with Gasteiger partial charge in [0.25, 0.3) is 11.8 Å². The molecule has 0 bridgehead atoms. The SMILES string of the molecule is CCOc1ccc(/C=C(/NC(=O)c2ccccc2)C(=O)Nc2cccc(SC(CC)C(=O)Nc3ccccc3OC)c2)cc1. The molecule has 0 radical (unpaired) electrons. The topological polar surface area (TPSA) is 106 Å². The van der Waals surface area contributed by atoms with Crippen LogP contribution in [0.25, 0.3) is 6.08 Å². The number of carbonyl (C=O) groups is 3. The highest BCUT2D eigenvalue weighted by Gasteiger charge is 2.20. The van der Waals surface area contributed by atoms with Crippen LogP contribution < -0.4 is 25.4 Å². The van der Waals surface area contributed by atoms with Gasteiger partial charge in [-0.05, 0) is 79.6 Å². The lowest BCUT2D eigenvalue weighted by atomic mass is 10.1. The van der Waals surface area contributed by atoms with Gasteiger partial charge in [-0.2, -0.15) is 0 Å². The molecule has 3 N–H and O–H groups in total. The first-order valence-corrected chi connectivity index (χ1v) is 15.1. The van der Waals surface area contributed by atoms with Gasteiger partial charge in [-0.3, -0.25) is 14.4 Å². The number of rotatable bonds is 13. The molecule has 0 spiro atoms. The molecule has 4 rings (SSSR count). The van der Waals surface area contributed by atoms with Crippen LogP contribution in [0.4, 0.5) is 11.4 Å². The highest BCUT2D eigenvalue weighted by molar-refractivity contribution is 8.00. The van der Waals surface area contributed by atoms with Gasteiger partial charge in [-0.25, -0.2) is 0 Å². The zero-order chi connectivity index (χ0) is 31.3. The molecule has 0 fully saturated rings. The summed E-state index contributed by atoms with van der Waals surface area (Å²) in [7, 11) is 1.56. The summed E-state index contributed by atoms with van der Waals surface area (Å²) >= 11 is 1.39. The molecule has 0 aliphatic heterocycles. The molecule has 8 nitrogen and oxygen atoms in total. The molecule has 0 aliphatic carbocycles. The Hall–Kier alpha value is -5.02. The third-order valence-corrected chi connectivity index (χ3v) is 7.79. The Bertz CT molecular complexity index is 1610. The number of hydrogen-bond acceptors (Lipinski definition) is 6. The molecule has 0 aromatic heterocycles. The predicted octanol–water partition coefficient (Wildman–Crippen LogP) is 7.01. The minimum Gasteiger partial charge on any atom is -0.495 e. The smallest absolute Gasteiger partial charge is 0.272 e. The Morgan fingerprint density at radius 2 is 1.57 bits per heavy atom. The number of para-hydroxylation sites is 2. The van der Waals surface area contributed by atoms with E-state index in [0.29, 0.717) is 47.0 Å². The van der Waals surface area contributed by atoms with Crippen molar-refractivity contribution in [1.82, 2.24) is 5.32 Å². The first kappa shape index (κ1) is 31.9. The van der Waals surface area contributed by atoms with Crippen molar-refractivity contribution < 1.29 is 23.9 Å². The highest BCUT2D eigenvalue weighted by Crippen LogP contribution is 2.30. The molecular formula is C35H35N3O5S. The second-order valence-corrected chi connectivity index (χ2v) is 10.8. The molecular weight excluding hydrogens is 574 g/mol. The number of methoxy groups -OCH3 is 1. The van der Waals surface area contributed by atoms with Gasteiger partial charge in [0.1, 0.15) is 17.2 Å². The van der Waals surface area contributed by atoms with Crippen molar-refractivity contribution in [3.63, 3.8) is 0 Å². The van der Waals surface area contributed by atoms with E-state index < -0.39 is 11.8 Å². The van der Waals surface area contributed by atoms with Crippen molar-refractivity contribution in [2.75, 3.05) is 24.4 Å². The first-order valence-electron chi connectivity index (χ1n) is 14.2. The van der Waals surface area contributed by atoms with Gasteiger partial charge in [0, 0.05) is 16.1 Å². The fourth-order valence-electron chi connectivity index (χ4n) is 4.23. The molecule has 1 atom stereocenters. The number of amides is 3. The van der Waals surface area contributed by atoms with Crippen LogP contribution in [0.3, 0.4) is 0 Å². The molecule has 44 heavy (non-hydrogen) atoms. The first-order chi connectivity index (χ1) is 21.4. The van der Waals surface area contributed by atoms with E-state index in [1.54, 1.807) is 79.9 Å². The van der Waals surface area contributed by atoms with Crippen LogP contribution in [0.2, 0.25) is 0 Å². The van der Waals surface area contributed by atoms with E-state index in [4.69, 9.17) is 9.47 Å². The number of thioether (sulfide) groups is 1. The molecule has 4 aromatic carbocycles. The summed E-state index contributed by atoms with van der Waals surface area (Å²) in [6.07, 6.45) is 2.20. The summed E-state index contributed by atoms with van der Waals surface area (Å²) in [6.45, 7) is 4.39. The zero-order valence-corrected chi connectivity index (χ0v) is 25.6. The van der Waals surface area contributed by atoms with Crippen LogP contribution in [-0.2, 0) is 9.59 Å². The lowest BCUT2D eigenvalue weighted by molar-refractivity contribution is -0.116. The van der Waals surface area contributed by atoms with Crippen LogP contribution in [0, 0.1) is 0 Å². The maximum absolute atomic E-state index is 13.5. The maximum Gasteiger partial charge on any atom is 0.272 e. The van der Waals surface area contributed by atoms with Crippen molar-refractivity contribution in [3.8, 4) is 11.5 Å². The average Bonchev–Trinajstić information content (AvgIpc) is 3.05. The normalized spacial score (nSPS) is 11.7. The summed E-state index contributed by atoms with van der Waals surface area (Å²) in [5, 5.41) is 8.21.